The number of nitrogens with zero attached hydrogens (tertiary/aromatic N) is 4. The minimum Gasteiger partial charge on any atom is -0.379 e. The normalized spacial score (nSPS) is 19.5. The molecule has 1 atom stereocenters. The molecule has 0 aromatic carbocycles. The van der Waals surface area contributed by atoms with Gasteiger partial charge in [0.1, 0.15) is 0 Å². The van der Waals surface area contributed by atoms with E-state index < -0.39 is 0 Å². The van der Waals surface area contributed by atoms with Crippen LogP contribution in [0.5, 0.6) is 0 Å². The summed E-state index contributed by atoms with van der Waals surface area (Å²) in [5.74, 6) is 1.58. The summed E-state index contributed by atoms with van der Waals surface area (Å²) in [6, 6.07) is 0.478. The second-order valence-electron chi connectivity index (χ2n) is 8.64. The first-order valence-electron chi connectivity index (χ1n) is 11.7. The first kappa shape index (κ1) is 23.3. The van der Waals surface area contributed by atoms with Crippen LogP contribution < -0.4 is 15.5 Å². The lowest BCUT2D eigenvalue weighted by atomic mass is 10.0. The van der Waals surface area contributed by atoms with Gasteiger partial charge < -0.3 is 20.3 Å². The van der Waals surface area contributed by atoms with Crippen molar-refractivity contribution in [3.63, 3.8) is 0 Å². The van der Waals surface area contributed by atoms with Crippen LogP contribution in [0.1, 0.15) is 45.7 Å². The predicted octanol–water partition coefficient (Wildman–Crippen LogP) is 2.59. The molecule has 3 rings (SSSR count). The molecular formula is C22H40N6OS. The zero-order valence-corrected chi connectivity index (χ0v) is 19.8. The summed E-state index contributed by atoms with van der Waals surface area (Å²) < 4.78 is 5.54. The highest BCUT2D eigenvalue weighted by Crippen LogP contribution is 2.24. The van der Waals surface area contributed by atoms with Crippen LogP contribution in [0.25, 0.3) is 0 Å². The first-order valence-corrected chi connectivity index (χ1v) is 12.6. The highest BCUT2D eigenvalue weighted by Gasteiger charge is 2.22. The summed E-state index contributed by atoms with van der Waals surface area (Å²) in [5, 5.41) is 10.3. The van der Waals surface area contributed by atoms with Gasteiger partial charge in [0.25, 0.3) is 0 Å². The average molecular weight is 437 g/mol. The molecule has 2 N–H and O–H groups in total. The number of ether oxygens (including phenoxy) is 1. The number of aliphatic imine (C=N–C) groups is 1. The largest absolute Gasteiger partial charge is 0.379 e. The van der Waals surface area contributed by atoms with Crippen molar-refractivity contribution < 1.29 is 4.74 Å². The van der Waals surface area contributed by atoms with E-state index in [0.29, 0.717) is 12.0 Å². The molecule has 0 amide bonds. The number of rotatable bonds is 10. The van der Waals surface area contributed by atoms with Gasteiger partial charge >= 0.3 is 0 Å². The SMILES string of the molecule is CCNC(=NCC(CC(C)C)N1CCOCC1)NCCc1csc(N2CCCC2)n1. The summed E-state index contributed by atoms with van der Waals surface area (Å²) in [5.41, 5.74) is 1.18. The third-order valence-electron chi connectivity index (χ3n) is 5.70. The fourth-order valence-electron chi connectivity index (χ4n) is 4.14. The topological polar surface area (TPSA) is 65.0 Å². The van der Waals surface area contributed by atoms with Gasteiger partial charge in [-0.1, -0.05) is 13.8 Å². The highest BCUT2D eigenvalue weighted by molar-refractivity contribution is 7.13. The number of guanidine groups is 1. The van der Waals surface area contributed by atoms with Crippen LogP contribution in [-0.2, 0) is 11.2 Å². The lowest BCUT2D eigenvalue weighted by molar-refractivity contribution is 0.0143. The number of anilines is 1. The van der Waals surface area contributed by atoms with Gasteiger partial charge in [-0.15, -0.1) is 11.3 Å². The van der Waals surface area contributed by atoms with Crippen molar-refractivity contribution in [2.75, 3.05) is 63.9 Å². The Hall–Kier alpha value is -1.38. The van der Waals surface area contributed by atoms with Gasteiger partial charge in [0.2, 0.25) is 0 Å². The molecule has 8 heteroatoms. The van der Waals surface area contributed by atoms with E-state index in [2.05, 4.69) is 46.6 Å². The number of morpholine rings is 1. The van der Waals surface area contributed by atoms with Gasteiger partial charge in [0.05, 0.1) is 25.5 Å². The van der Waals surface area contributed by atoms with Crippen LogP contribution >= 0.6 is 11.3 Å². The van der Waals surface area contributed by atoms with Crippen molar-refractivity contribution in [2.24, 2.45) is 10.9 Å². The highest BCUT2D eigenvalue weighted by atomic mass is 32.1. The maximum absolute atomic E-state index is 5.54. The van der Waals surface area contributed by atoms with Crippen molar-refractivity contribution in [3.8, 4) is 0 Å². The summed E-state index contributed by atoms with van der Waals surface area (Å²) in [7, 11) is 0. The minimum absolute atomic E-state index is 0.478. The van der Waals surface area contributed by atoms with Gasteiger partial charge in [0, 0.05) is 57.1 Å². The van der Waals surface area contributed by atoms with Crippen LogP contribution in [-0.4, -0.2) is 80.9 Å². The Kier molecular flexibility index (Phi) is 9.68. The van der Waals surface area contributed by atoms with E-state index in [-0.39, 0.29) is 0 Å². The average Bonchev–Trinajstić information content (AvgIpc) is 3.43. The molecule has 2 fully saturated rings. The maximum Gasteiger partial charge on any atom is 0.191 e. The van der Waals surface area contributed by atoms with Crippen molar-refractivity contribution in [1.82, 2.24) is 20.5 Å². The lowest BCUT2D eigenvalue weighted by Gasteiger charge is -2.34. The quantitative estimate of drug-likeness (QED) is 0.434. The summed E-state index contributed by atoms with van der Waals surface area (Å²) >= 11 is 1.78. The minimum atomic E-state index is 0.478. The first-order chi connectivity index (χ1) is 14.7. The van der Waals surface area contributed by atoms with Gasteiger partial charge in [-0.25, -0.2) is 4.98 Å². The summed E-state index contributed by atoms with van der Waals surface area (Å²) in [6.45, 7) is 15.3. The van der Waals surface area contributed by atoms with E-state index in [4.69, 9.17) is 14.7 Å². The van der Waals surface area contributed by atoms with Crippen molar-refractivity contribution in [3.05, 3.63) is 11.1 Å². The second kappa shape index (κ2) is 12.5. The van der Waals surface area contributed by atoms with Gasteiger partial charge in [-0.2, -0.15) is 0 Å². The summed E-state index contributed by atoms with van der Waals surface area (Å²) in [4.78, 5) is 14.7. The van der Waals surface area contributed by atoms with E-state index in [9.17, 15) is 0 Å². The number of hydrogen-bond donors (Lipinski definition) is 2. The third kappa shape index (κ3) is 7.39. The standard InChI is InChI=1S/C22H40N6OS/c1-4-23-21(25-16-20(15-18(2)3)27-11-13-29-14-12-27)24-8-7-19-17-30-22(26-19)28-9-5-6-10-28/h17-18,20H,4-16H2,1-3H3,(H2,23,24,25). The van der Waals surface area contributed by atoms with E-state index in [0.717, 1.165) is 71.4 Å². The van der Waals surface area contributed by atoms with Gasteiger partial charge in [-0.3, -0.25) is 9.89 Å². The molecule has 0 radical (unpaired) electrons. The van der Waals surface area contributed by atoms with E-state index in [1.54, 1.807) is 11.3 Å². The number of nitrogens with one attached hydrogen (secondary N) is 2. The number of aromatic nitrogens is 1. The van der Waals surface area contributed by atoms with Crippen molar-refractivity contribution in [1.29, 1.82) is 0 Å². The molecule has 2 saturated heterocycles. The number of thiazole rings is 1. The van der Waals surface area contributed by atoms with E-state index in [1.807, 2.05) is 0 Å². The van der Waals surface area contributed by atoms with Gasteiger partial charge in [0.15, 0.2) is 11.1 Å². The maximum atomic E-state index is 5.54. The molecule has 0 spiro atoms. The van der Waals surface area contributed by atoms with Crippen LogP contribution in [0.3, 0.4) is 0 Å². The molecule has 1 unspecified atom stereocenters. The molecule has 2 aliphatic rings. The van der Waals surface area contributed by atoms with Crippen molar-refractivity contribution in [2.45, 2.75) is 52.5 Å². The Balaban J connectivity index is 1.50. The molecule has 1 aromatic heterocycles. The lowest BCUT2D eigenvalue weighted by Crippen LogP contribution is -2.46. The Bertz CT molecular complexity index is 637. The smallest absolute Gasteiger partial charge is 0.191 e. The molecule has 0 aliphatic carbocycles. The molecule has 30 heavy (non-hydrogen) atoms. The summed E-state index contributed by atoms with van der Waals surface area (Å²) in [6.07, 6.45) is 4.68. The Morgan fingerprint density at radius 1 is 1.20 bits per heavy atom. The molecular weight excluding hydrogens is 396 g/mol. The van der Waals surface area contributed by atoms with Crippen LogP contribution in [0.4, 0.5) is 5.13 Å². The van der Waals surface area contributed by atoms with Crippen LogP contribution in [0.2, 0.25) is 0 Å². The van der Waals surface area contributed by atoms with E-state index >= 15 is 0 Å². The molecule has 7 nitrogen and oxygen atoms in total. The molecule has 3 heterocycles. The number of hydrogen-bond acceptors (Lipinski definition) is 6. The third-order valence-corrected chi connectivity index (χ3v) is 6.65. The molecule has 0 saturated carbocycles. The van der Waals surface area contributed by atoms with Gasteiger partial charge in [-0.05, 0) is 32.1 Å². The Labute approximate surface area is 186 Å². The molecule has 1 aromatic rings. The monoisotopic (exact) mass is 436 g/mol. The van der Waals surface area contributed by atoms with Crippen molar-refractivity contribution >= 4 is 22.4 Å². The molecule has 2 aliphatic heterocycles. The zero-order chi connectivity index (χ0) is 21.2. The van der Waals surface area contributed by atoms with Crippen LogP contribution in [0.15, 0.2) is 10.4 Å². The second-order valence-corrected chi connectivity index (χ2v) is 9.48. The predicted molar refractivity (Wildman–Crippen MR) is 127 cm³/mol. The Morgan fingerprint density at radius 3 is 2.67 bits per heavy atom. The molecule has 170 valence electrons. The fourth-order valence-corrected chi connectivity index (χ4v) is 5.05. The molecule has 0 bridgehead atoms. The fraction of sp³-hybridized carbons (Fsp3) is 0.818. The zero-order valence-electron chi connectivity index (χ0n) is 19.0. The van der Waals surface area contributed by atoms with E-state index in [1.165, 1.54) is 30.1 Å². The Morgan fingerprint density at radius 2 is 1.97 bits per heavy atom. The van der Waals surface area contributed by atoms with Crippen LogP contribution in [0, 0.1) is 5.92 Å².